The number of hydrogen-bond acceptors (Lipinski definition) is 6. The molecule has 0 fully saturated rings. The summed E-state index contributed by atoms with van der Waals surface area (Å²) in [5.74, 6) is 1.24. The van der Waals surface area contributed by atoms with Crippen molar-refractivity contribution in [3.8, 4) is 11.5 Å². The molecule has 0 aliphatic heterocycles. The van der Waals surface area contributed by atoms with Gasteiger partial charge in [-0.2, -0.15) is 0 Å². The minimum atomic E-state index is -0.299. The van der Waals surface area contributed by atoms with Gasteiger partial charge in [-0.05, 0) is 48.6 Å². The van der Waals surface area contributed by atoms with Gasteiger partial charge in [0.2, 0.25) is 0 Å². The van der Waals surface area contributed by atoms with Gasteiger partial charge in [-0.3, -0.25) is 14.6 Å². The van der Waals surface area contributed by atoms with E-state index in [1.807, 2.05) is 25.2 Å². The van der Waals surface area contributed by atoms with Gasteiger partial charge >= 0.3 is 0 Å². The zero-order valence-corrected chi connectivity index (χ0v) is 17.4. The number of ketones is 2. The van der Waals surface area contributed by atoms with Gasteiger partial charge in [0.1, 0.15) is 23.9 Å². The Bertz CT molecular complexity index is 1100. The average molecular weight is 417 g/mol. The fraction of sp³-hybridized carbons (Fsp3) is 0.167. The molecular weight excluding hydrogens is 394 g/mol. The van der Waals surface area contributed by atoms with Crippen molar-refractivity contribution < 1.29 is 19.1 Å². The van der Waals surface area contributed by atoms with Crippen molar-refractivity contribution in [3.05, 3.63) is 84.2 Å². The number of pyridine rings is 1. The molecule has 1 aromatic carbocycles. The van der Waals surface area contributed by atoms with E-state index in [0.29, 0.717) is 29.5 Å². The van der Waals surface area contributed by atoms with Gasteiger partial charge in [-0.15, -0.1) is 0 Å². The molecule has 2 aromatic heterocycles. The molecule has 3 aromatic rings. The van der Waals surface area contributed by atoms with E-state index < -0.39 is 0 Å². The van der Waals surface area contributed by atoms with E-state index in [2.05, 4.69) is 9.97 Å². The second kappa shape index (κ2) is 10.7. The van der Waals surface area contributed by atoms with E-state index in [-0.39, 0.29) is 18.0 Å². The van der Waals surface area contributed by atoms with E-state index in [4.69, 9.17) is 9.47 Å². The lowest BCUT2D eigenvalue weighted by Crippen LogP contribution is -2.02. The van der Waals surface area contributed by atoms with E-state index in [0.717, 1.165) is 5.69 Å². The van der Waals surface area contributed by atoms with Crippen LogP contribution in [-0.4, -0.2) is 33.2 Å². The number of imidazole rings is 1. The number of nitrogens with zero attached hydrogens (tertiary/aromatic N) is 3. The average Bonchev–Trinajstić information content (AvgIpc) is 3.20. The van der Waals surface area contributed by atoms with Crippen molar-refractivity contribution in [2.75, 3.05) is 7.11 Å². The largest absolute Gasteiger partial charge is 0.496 e. The Morgan fingerprint density at radius 2 is 1.84 bits per heavy atom. The number of carbonyl (C=O) groups is 2. The number of benzene rings is 1. The van der Waals surface area contributed by atoms with Crippen LogP contribution in [0.5, 0.6) is 11.5 Å². The summed E-state index contributed by atoms with van der Waals surface area (Å²) < 4.78 is 12.9. The molecule has 0 amide bonds. The Labute approximate surface area is 180 Å². The normalized spacial score (nSPS) is 11.2. The van der Waals surface area contributed by atoms with Gasteiger partial charge in [0.15, 0.2) is 11.6 Å². The van der Waals surface area contributed by atoms with Crippen LogP contribution in [0.2, 0.25) is 0 Å². The molecule has 0 bridgehead atoms. The number of hydrogen-bond donors (Lipinski definition) is 0. The Hall–Kier alpha value is -4.00. The van der Waals surface area contributed by atoms with Crippen molar-refractivity contribution in [1.82, 2.24) is 14.5 Å². The smallest absolute Gasteiger partial charge is 0.163 e. The summed E-state index contributed by atoms with van der Waals surface area (Å²) in [6, 6.07) is 11.0. The summed E-state index contributed by atoms with van der Waals surface area (Å²) in [7, 11) is 3.37. The van der Waals surface area contributed by atoms with Gasteiger partial charge < -0.3 is 14.0 Å². The first-order valence-corrected chi connectivity index (χ1v) is 9.65. The molecule has 158 valence electrons. The Balaban J connectivity index is 1.57. The molecule has 0 saturated heterocycles. The number of methoxy groups -OCH3 is 1. The van der Waals surface area contributed by atoms with Crippen LogP contribution in [0.15, 0.2) is 67.1 Å². The van der Waals surface area contributed by atoms with Gasteiger partial charge in [-0.1, -0.05) is 6.07 Å². The first-order chi connectivity index (χ1) is 15.0. The third kappa shape index (κ3) is 6.50. The van der Waals surface area contributed by atoms with Crippen molar-refractivity contribution in [2.24, 2.45) is 7.05 Å². The highest BCUT2D eigenvalue weighted by Crippen LogP contribution is 2.26. The summed E-state index contributed by atoms with van der Waals surface area (Å²) in [5.41, 5.74) is 1.52. The third-order valence-electron chi connectivity index (χ3n) is 4.39. The van der Waals surface area contributed by atoms with Crippen LogP contribution in [0.25, 0.3) is 12.2 Å². The molecule has 0 N–H and O–H groups in total. The Morgan fingerprint density at radius 3 is 2.52 bits per heavy atom. The van der Waals surface area contributed by atoms with E-state index in [1.165, 1.54) is 12.2 Å². The maximum absolute atomic E-state index is 12.1. The number of carbonyl (C=O) groups excluding carboxylic acids is 2. The lowest BCUT2D eigenvalue weighted by atomic mass is 10.1. The zero-order valence-electron chi connectivity index (χ0n) is 17.4. The summed E-state index contributed by atoms with van der Waals surface area (Å²) in [6.07, 6.45) is 10.9. The van der Waals surface area contributed by atoms with Crippen LogP contribution in [0.4, 0.5) is 0 Å². The van der Waals surface area contributed by atoms with Crippen LogP contribution in [0.1, 0.15) is 23.5 Å². The predicted octanol–water partition coefficient (Wildman–Crippen LogP) is 3.66. The van der Waals surface area contributed by atoms with E-state index in [1.54, 1.807) is 60.6 Å². The molecule has 3 rings (SSSR count). The molecule has 0 saturated carbocycles. The molecule has 0 atom stereocenters. The number of aryl methyl sites for hydroxylation is 1. The maximum Gasteiger partial charge on any atom is 0.163 e. The molecule has 0 unspecified atom stereocenters. The summed E-state index contributed by atoms with van der Waals surface area (Å²) in [6.45, 7) is 0.339. The van der Waals surface area contributed by atoms with Gasteiger partial charge in [0.05, 0.1) is 19.2 Å². The molecule has 0 radical (unpaired) electrons. The van der Waals surface area contributed by atoms with Gasteiger partial charge in [0, 0.05) is 37.3 Å². The lowest BCUT2D eigenvalue weighted by molar-refractivity contribution is -0.121. The monoisotopic (exact) mass is 417 g/mol. The standard InChI is InChI=1S/C24H23N3O4/c1-27-14-13-26-24(27)11-9-21(29)15-20(28)8-6-18-7-10-22(16-23(18)30-2)31-17-19-5-3-4-12-25-19/h3-14,16H,15,17H2,1-2H3/b8-6+,11-9+. The van der Waals surface area contributed by atoms with E-state index in [9.17, 15) is 9.59 Å². The molecule has 2 heterocycles. The lowest BCUT2D eigenvalue weighted by Gasteiger charge is -2.09. The molecule has 0 aliphatic rings. The number of allylic oxidation sites excluding steroid dienone is 2. The predicted molar refractivity (Wildman–Crippen MR) is 117 cm³/mol. The van der Waals surface area contributed by atoms with Crippen molar-refractivity contribution in [2.45, 2.75) is 13.0 Å². The first-order valence-electron chi connectivity index (χ1n) is 9.65. The molecule has 0 spiro atoms. The van der Waals surface area contributed by atoms with Crippen molar-refractivity contribution in [3.63, 3.8) is 0 Å². The van der Waals surface area contributed by atoms with Crippen LogP contribution < -0.4 is 9.47 Å². The van der Waals surface area contributed by atoms with Crippen LogP contribution in [-0.2, 0) is 23.2 Å². The van der Waals surface area contributed by atoms with Crippen LogP contribution in [0.3, 0.4) is 0 Å². The SMILES string of the molecule is COc1cc(OCc2ccccn2)ccc1/C=C/C(=O)CC(=O)/C=C/c1nccn1C. The van der Waals surface area contributed by atoms with E-state index >= 15 is 0 Å². The fourth-order valence-electron chi connectivity index (χ4n) is 2.74. The van der Waals surface area contributed by atoms with Crippen molar-refractivity contribution >= 4 is 23.7 Å². The van der Waals surface area contributed by atoms with Crippen LogP contribution >= 0.6 is 0 Å². The second-order valence-corrected chi connectivity index (χ2v) is 6.69. The molecular formula is C24H23N3O4. The second-order valence-electron chi connectivity index (χ2n) is 6.69. The first kappa shape index (κ1) is 21.7. The third-order valence-corrected chi connectivity index (χ3v) is 4.39. The maximum atomic E-state index is 12.1. The minimum absolute atomic E-state index is 0.217. The summed E-state index contributed by atoms with van der Waals surface area (Å²) in [4.78, 5) is 32.5. The van der Waals surface area contributed by atoms with Crippen molar-refractivity contribution in [1.29, 1.82) is 0 Å². The number of rotatable bonds is 10. The topological polar surface area (TPSA) is 83.3 Å². The molecule has 7 heteroatoms. The molecule has 7 nitrogen and oxygen atoms in total. The summed E-state index contributed by atoms with van der Waals surface area (Å²) >= 11 is 0. The van der Waals surface area contributed by atoms with Gasteiger partial charge in [-0.25, -0.2) is 4.98 Å². The fourth-order valence-corrected chi connectivity index (χ4v) is 2.74. The number of aromatic nitrogens is 3. The van der Waals surface area contributed by atoms with Crippen LogP contribution in [0, 0.1) is 0 Å². The minimum Gasteiger partial charge on any atom is -0.496 e. The van der Waals surface area contributed by atoms with Gasteiger partial charge in [0.25, 0.3) is 0 Å². The summed E-state index contributed by atoms with van der Waals surface area (Å²) in [5, 5.41) is 0. The zero-order chi connectivity index (χ0) is 22.1. The molecule has 31 heavy (non-hydrogen) atoms. The Kier molecular flexibility index (Phi) is 7.48. The molecule has 0 aliphatic carbocycles. The highest BCUT2D eigenvalue weighted by Gasteiger charge is 2.07. The Morgan fingerprint density at radius 1 is 1.03 bits per heavy atom. The highest BCUT2D eigenvalue weighted by molar-refractivity contribution is 6.10. The number of ether oxygens (including phenoxy) is 2. The highest BCUT2D eigenvalue weighted by atomic mass is 16.5. The quantitative estimate of drug-likeness (QED) is 0.370.